The van der Waals surface area contributed by atoms with E-state index in [0.29, 0.717) is 25.4 Å². The van der Waals surface area contributed by atoms with Gasteiger partial charge in [-0.1, -0.05) is 31.2 Å². The Hall–Kier alpha value is -2.11. The van der Waals surface area contributed by atoms with Gasteiger partial charge in [0.15, 0.2) is 0 Å². The molecule has 0 unspecified atom stereocenters. The van der Waals surface area contributed by atoms with Gasteiger partial charge in [-0.2, -0.15) is 0 Å². The fourth-order valence-corrected chi connectivity index (χ4v) is 3.22. The van der Waals surface area contributed by atoms with Gasteiger partial charge >= 0.3 is 0 Å². The second-order valence-electron chi connectivity index (χ2n) is 6.29. The molecule has 2 aromatic carbocycles. The van der Waals surface area contributed by atoms with Crippen LogP contribution in [0.5, 0.6) is 5.75 Å². The van der Waals surface area contributed by atoms with Crippen molar-refractivity contribution in [1.29, 1.82) is 0 Å². The SMILES string of the molecule is CC[C@@H](NCc1ccc(N2CCOCC2)c(F)c1)c1ccccc1O. The number of phenolic OH excluding ortho intramolecular Hbond substituents is 1. The highest BCUT2D eigenvalue weighted by atomic mass is 19.1. The van der Waals surface area contributed by atoms with Crippen molar-refractivity contribution in [1.82, 2.24) is 5.32 Å². The largest absolute Gasteiger partial charge is 0.508 e. The van der Waals surface area contributed by atoms with E-state index in [1.807, 2.05) is 35.2 Å². The molecule has 4 nitrogen and oxygen atoms in total. The lowest BCUT2D eigenvalue weighted by molar-refractivity contribution is 0.122. The van der Waals surface area contributed by atoms with E-state index >= 15 is 0 Å². The quantitative estimate of drug-likeness (QED) is 0.840. The zero-order valence-corrected chi connectivity index (χ0v) is 14.5. The number of benzene rings is 2. The summed E-state index contributed by atoms with van der Waals surface area (Å²) in [7, 11) is 0. The average molecular weight is 344 g/mol. The summed E-state index contributed by atoms with van der Waals surface area (Å²) >= 11 is 0. The van der Waals surface area contributed by atoms with Crippen LogP contribution in [0.1, 0.15) is 30.5 Å². The van der Waals surface area contributed by atoms with Crippen molar-refractivity contribution in [2.24, 2.45) is 0 Å². The molecule has 0 spiro atoms. The van der Waals surface area contributed by atoms with E-state index in [1.165, 1.54) is 0 Å². The van der Waals surface area contributed by atoms with Crippen LogP contribution in [-0.4, -0.2) is 31.4 Å². The molecule has 2 aromatic rings. The zero-order valence-electron chi connectivity index (χ0n) is 14.5. The van der Waals surface area contributed by atoms with Crippen molar-refractivity contribution in [2.75, 3.05) is 31.2 Å². The fourth-order valence-electron chi connectivity index (χ4n) is 3.22. The molecule has 0 bridgehead atoms. The Kier molecular flexibility index (Phi) is 5.89. The first-order valence-corrected chi connectivity index (χ1v) is 8.81. The van der Waals surface area contributed by atoms with E-state index in [2.05, 4.69) is 12.2 Å². The van der Waals surface area contributed by atoms with E-state index < -0.39 is 0 Å². The summed E-state index contributed by atoms with van der Waals surface area (Å²) < 4.78 is 19.8. The summed E-state index contributed by atoms with van der Waals surface area (Å²) in [6.07, 6.45) is 0.839. The Balaban J connectivity index is 1.66. The van der Waals surface area contributed by atoms with Crippen LogP contribution in [0.15, 0.2) is 42.5 Å². The van der Waals surface area contributed by atoms with Crippen molar-refractivity contribution in [3.8, 4) is 5.75 Å². The monoisotopic (exact) mass is 344 g/mol. The third-order valence-electron chi connectivity index (χ3n) is 4.64. The topological polar surface area (TPSA) is 44.7 Å². The highest BCUT2D eigenvalue weighted by Crippen LogP contribution is 2.27. The molecule has 5 heteroatoms. The predicted molar refractivity (Wildman–Crippen MR) is 97.4 cm³/mol. The Morgan fingerprint density at radius 1 is 1.20 bits per heavy atom. The summed E-state index contributed by atoms with van der Waals surface area (Å²) in [6, 6.07) is 12.8. The Morgan fingerprint density at radius 3 is 2.64 bits per heavy atom. The number of ether oxygens (including phenoxy) is 1. The molecular formula is C20H25FN2O2. The molecule has 1 atom stereocenters. The minimum Gasteiger partial charge on any atom is -0.508 e. The van der Waals surface area contributed by atoms with Gasteiger partial charge in [0.2, 0.25) is 0 Å². The molecule has 3 rings (SSSR count). The fraction of sp³-hybridized carbons (Fsp3) is 0.400. The van der Waals surface area contributed by atoms with E-state index in [4.69, 9.17) is 4.74 Å². The number of nitrogens with zero attached hydrogens (tertiary/aromatic N) is 1. The lowest BCUT2D eigenvalue weighted by atomic mass is 10.0. The van der Waals surface area contributed by atoms with Crippen LogP contribution in [0.3, 0.4) is 0 Å². The van der Waals surface area contributed by atoms with Crippen molar-refractivity contribution < 1.29 is 14.2 Å². The number of para-hydroxylation sites is 1. The normalized spacial score (nSPS) is 16.0. The molecule has 1 heterocycles. The summed E-state index contributed by atoms with van der Waals surface area (Å²) in [5, 5.41) is 13.4. The van der Waals surface area contributed by atoms with Crippen LogP contribution < -0.4 is 10.2 Å². The minimum atomic E-state index is -0.197. The maximum Gasteiger partial charge on any atom is 0.146 e. The second-order valence-corrected chi connectivity index (χ2v) is 6.29. The summed E-state index contributed by atoms with van der Waals surface area (Å²) in [6.45, 7) is 5.34. The first kappa shape index (κ1) is 17.7. The standard InChI is InChI=1S/C20H25FN2O2/c1-2-18(16-5-3-4-6-20(16)24)22-14-15-7-8-19(17(21)13-15)23-9-11-25-12-10-23/h3-8,13,18,22,24H,2,9-12,14H2,1H3/t18-/m1/s1. The molecule has 1 fully saturated rings. The molecule has 1 aliphatic rings. The maximum atomic E-state index is 14.5. The number of aromatic hydroxyl groups is 1. The van der Waals surface area contributed by atoms with Crippen LogP contribution in [0, 0.1) is 5.82 Å². The van der Waals surface area contributed by atoms with E-state index in [9.17, 15) is 9.50 Å². The summed E-state index contributed by atoms with van der Waals surface area (Å²) in [5.41, 5.74) is 2.40. The maximum absolute atomic E-state index is 14.5. The number of morpholine rings is 1. The number of nitrogens with one attached hydrogen (secondary N) is 1. The minimum absolute atomic E-state index is 0.0307. The number of hydrogen-bond donors (Lipinski definition) is 2. The molecule has 2 N–H and O–H groups in total. The number of hydrogen-bond acceptors (Lipinski definition) is 4. The van der Waals surface area contributed by atoms with Crippen molar-refractivity contribution in [3.05, 3.63) is 59.4 Å². The zero-order chi connectivity index (χ0) is 17.6. The molecule has 1 aliphatic heterocycles. The molecule has 25 heavy (non-hydrogen) atoms. The molecule has 1 saturated heterocycles. The highest BCUT2D eigenvalue weighted by Gasteiger charge is 2.16. The lowest BCUT2D eigenvalue weighted by Crippen LogP contribution is -2.36. The number of anilines is 1. The lowest BCUT2D eigenvalue weighted by Gasteiger charge is -2.29. The third-order valence-corrected chi connectivity index (χ3v) is 4.64. The van der Waals surface area contributed by atoms with Crippen LogP contribution >= 0.6 is 0 Å². The predicted octanol–water partition coefficient (Wildman–Crippen LogP) is 3.61. The smallest absolute Gasteiger partial charge is 0.146 e. The van der Waals surface area contributed by atoms with E-state index in [1.54, 1.807) is 12.1 Å². The first-order valence-electron chi connectivity index (χ1n) is 8.81. The van der Waals surface area contributed by atoms with Crippen LogP contribution in [0.25, 0.3) is 0 Å². The molecule has 134 valence electrons. The van der Waals surface area contributed by atoms with Gasteiger partial charge in [-0.05, 0) is 30.2 Å². The van der Waals surface area contributed by atoms with Gasteiger partial charge in [-0.15, -0.1) is 0 Å². The van der Waals surface area contributed by atoms with E-state index in [0.717, 1.165) is 30.6 Å². The van der Waals surface area contributed by atoms with Gasteiger partial charge in [0.25, 0.3) is 0 Å². The summed E-state index contributed by atoms with van der Waals surface area (Å²) in [4.78, 5) is 2.02. The van der Waals surface area contributed by atoms with Crippen LogP contribution in [0.4, 0.5) is 10.1 Å². The molecule has 0 aliphatic carbocycles. The highest BCUT2D eigenvalue weighted by molar-refractivity contribution is 5.49. The molecular weight excluding hydrogens is 319 g/mol. The third kappa shape index (κ3) is 4.30. The molecule has 0 amide bonds. The van der Waals surface area contributed by atoms with Gasteiger partial charge in [0, 0.05) is 31.2 Å². The van der Waals surface area contributed by atoms with E-state index in [-0.39, 0.29) is 17.6 Å². The Morgan fingerprint density at radius 2 is 1.96 bits per heavy atom. The van der Waals surface area contributed by atoms with Crippen LogP contribution in [-0.2, 0) is 11.3 Å². The average Bonchev–Trinajstić information content (AvgIpc) is 2.64. The second kappa shape index (κ2) is 8.32. The van der Waals surface area contributed by atoms with Gasteiger partial charge in [0.05, 0.1) is 18.9 Å². The van der Waals surface area contributed by atoms with Gasteiger partial charge in [-0.3, -0.25) is 0 Å². The molecule has 0 radical (unpaired) electrons. The van der Waals surface area contributed by atoms with Gasteiger partial charge < -0.3 is 20.1 Å². The van der Waals surface area contributed by atoms with Gasteiger partial charge in [0.1, 0.15) is 11.6 Å². The Labute approximate surface area is 148 Å². The van der Waals surface area contributed by atoms with Gasteiger partial charge in [-0.25, -0.2) is 4.39 Å². The number of rotatable bonds is 6. The number of halogens is 1. The molecule has 0 aromatic heterocycles. The summed E-state index contributed by atoms with van der Waals surface area (Å²) in [5.74, 6) is 0.0903. The van der Waals surface area contributed by atoms with Crippen molar-refractivity contribution in [2.45, 2.75) is 25.9 Å². The van der Waals surface area contributed by atoms with Crippen LogP contribution in [0.2, 0.25) is 0 Å². The molecule has 0 saturated carbocycles. The van der Waals surface area contributed by atoms with Crippen molar-refractivity contribution in [3.63, 3.8) is 0 Å². The first-order chi connectivity index (χ1) is 12.2. The Bertz CT molecular complexity index is 702. The number of phenols is 1. The van der Waals surface area contributed by atoms with Crippen molar-refractivity contribution >= 4 is 5.69 Å².